The smallest absolute Gasteiger partial charge is 0.238 e. The van der Waals surface area contributed by atoms with Crippen molar-refractivity contribution in [2.75, 3.05) is 39.5 Å². The zero-order chi connectivity index (χ0) is 20.0. The molecule has 2 amide bonds. The van der Waals surface area contributed by atoms with Gasteiger partial charge in [0, 0.05) is 30.2 Å². The van der Waals surface area contributed by atoms with Crippen LogP contribution < -0.4 is 5.32 Å². The molecule has 142 valence electrons. The van der Waals surface area contributed by atoms with E-state index in [-0.39, 0.29) is 30.7 Å². The summed E-state index contributed by atoms with van der Waals surface area (Å²) in [5.41, 5.74) is 1.20. The number of ketones is 1. The van der Waals surface area contributed by atoms with Crippen molar-refractivity contribution in [2.45, 2.75) is 0 Å². The Kier molecular flexibility index (Phi) is 7.10. The molecule has 0 saturated carbocycles. The molecule has 7 heteroatoms. The Morgan fingerprint density at radius 2 is 1.63 bits per heavy atom. The zero-order valence-electron chi connectivity index (χ0n) is 15.5. The van der Waals surface area contributed by atoms with E-state index in [0.717, 1.165) is 0 Å². The number of anilines is 1. The summed E-state index contributed by atoms with van der Waals surface area (Å²) in [6.45, 7) is 0.137. The number of hydrogen-bond acceptors (Lipinski definition) is 4. The van der Waals surface area contributed by atoms with Crippen molar-refractivity contribution in [1.82, 2.24) is 9.80 Å². The maximum absolute atomic E-state index is 12.8. The Bertz CT molecular complexity index is 838. The predicted octanol–water partition coefficient (Wildman–Crippen LogP) is 2.53. The normalized spacial score (nSPS) is 10.6. The number of amides is 2. The molecular formula is C20H22ClN3O3. The molecule has 0 aliphatic carbocycles. The number of benzene rings is 2. The van der Waals surface area contributed by atoms with Crippen molar-refractivity contribution in [1.29, 1.82) is 0 Å². The van der Waals surface area contributed by atoms with Crippen LogP contribution in [-0.4, -0.2) is 61.6 Å². The van der Waals surface area contributed by atoms with Crippen molar-refractivity contribution >= 4 is 34.9 Å². The molecule has 0 saturated heterocycles. The second-order valence-electron chi connectivity index (χ2n) is 6.39. The van der Waals surface area contributed by atoms with Crippen molar-refractivity contribution in [3.05, 3.63) is 64.7 Å². The predicted molar refractivity (Wildman–Crippen MR) is 106 cm³/mol. The first-order valence-electron chi connectivity index (χ1n) is 8.35. The van der Waals surface area contributed by atoms with Gasteiger partial charge < -0.3 is 10.2 Å². The summed E-state index contributed by atoms with van der Waals surface area (Å²) in [5, 5.41) is 3.14. The fourth-order valence-corrected chi connectivity index (χ4v) is 2.59. The third kappa shape index (κ3) is 5.91. The number of carbonyl (C=O) groups is 3. The van der Waals surface area contributed by atoms with Gasteiger partial charge in [0.2, 0.25) is 11.8 Å². The first-order chi connectivity index (χ1) is 12.8. The van der Waals surface area contributed by atoms with Crippen LogP contribution in [0, 0.1) is 0 Å². The molecule has 0 heterocycles. The highest BCUT2D eigenvalue weighted by Crippen LogP contribution is 2.23. The Labute approximate surface area is 163 Å². The van der Waals surface area contributed by atoms with E-state index in [0.29, 0.717) is 21.8 Å². The van der Waals surface area contributed by atoms with Crippen molar-refractivity contribution in [3.8, 4) is 0 Å². The van der Waals surface area contributed by atoms with Crippen molar-refractivity contribution in [3.63, 3.8) is 0 Å². The van der Waals surface area contributed by atoms with Crippen molar-refractivity contribution in [2.24, 2.45) is 0 Å². The van der Waals surface area contributed by atoms with Gasteiger partial charge in [-0.2, -0.15) is 0 Å². The van der Waals surface area contributed by atoms with Crippen molar-refractivity contribution < 1.29 is 14.4 Å². The summed E-state index contributed by atoms with van der Waals surface area (Å²) in [6.07, 6.45) is 0. The highest BCUT2D eigenvalue weighted by Gasteiger charge is 2.17. The molecule has 2 aromatic carbocycles. The molecule has 0 radical (unpaired) electrons. The van der Waals surface area contributed by atoms with Crippen LogP contribution >= 0.6 is 11.6 Å². The fraction of sp³-hybridized carbons (Fsp3) is 0.250. The van der Waals surface area contributed by atoms with E-state index in [4.69, 9.17) is 11.6 Å². The SMILES string of the molecule is CN(CC(=O)Nc1ccc(Cl)cc1C(=O)c1ccccc1)CC(=O)N(C)C. The van der Waals surface area contributed by atoms with Gasteiger partial charge in [0.25, 0.3) is 0 Å². The Morgan fingerprint density at radius 1 is 0.963 bits per heavy atom. The van der Waals surface area contributed by atoms with Crippen LogP contribution in [-0.2, 0) is 9.59 Å². The summed E-state index contributed by atoms with van der Waals surface area (Å²) in [7, 11) is 5.00. The number of carbonyl (C=O) groups excluding carboxylic acids is 3. The molecule has 0 aliphatic heterocycles. The lowest BCUT2D eigenvalue weighted by molar-refractivity contribution is -0.130. The molecule has 2 rings (SSSR count). The van der Waals surface area contributed by atoms with Crippen LogP contribution in [0.2, 0.25) is 5.02 Å². The number of halogens is 1. The molecule has 0 spiro atoms. The molecule has 0 aromatic heterocycles. The van der Waals surface area contributed by atoms with Crippen LogP contribution in [0.4, 0.5) is 5.69 Å². The summed E-state index contributed by atoms with van der Waals surface area (Å²) in [5.74, 6) is -0.658. The van der Waals surface area contributed by atoms with E-state index in [1.165, 1.54) is 11.0 Å². The van der Waals surface area contributed by atoms with Crippen LogP contribution in [0.25, 0.3) is 0 Å². The quantitative estimate of drug-likeness (QED) is 0.741. The highest BCUT2D eigenvalue weighted by molar-refractivity contribution is 6.31. The number of hydrogen-bond donors (Lipinski definition) is 1. The Hall–Kier alpha value is -2.70. The third-order valence-electron chi connectivity index (χ3n) is 3.85. The van der Waals surface area contributed by atoms with Gasteiger partial charge >= 0.3 is 0 Å². The summed E-state index contributed by atoms with van der Waals surface area (Å²) < 4.78 is 0. The van der Waals surface area contributed by atoms with Gasteiger partial charge in [-0.25, -0.2) is 0 Å². The summed E-state index contributed by atoms with van der Waals surface area (Å²) in [6, 6.07) is 13.5. The lowest BCUT2D eigenvalue weighted by Gasteiger charge is -2.19. The largest absolute Gasteiger partial charge is 0.348 e. The molecule has 1 N–H and O–H groups in total. The molecular weight excluding hydrogens is 366 g/mol. The van der Waals surface area contributed by atoms with Gasteiger partial charge in [-0.1, -0.05) is 41.9 Å². The molecule has 0 aliphatic rings. The lowest BCUT2D eigenvalue weighted by Crippen LogP contribution is -2.38. The van der Waals surface area contributed by atoms with Crippen LogP contribution in [0.3, 0.4) is 0 Å². The van der Waals surface area contributed by atoms with E-state index in [9.17, 15) is 14.4 Å². The van der Waals surface area contributed by atoms with Gasteiger partial charge in [0.1, 0.15) is 0 Å². The topological polar surface area (TPSA) is 69.7 Å². The summed E-state index contributed by atoms with van der Waals surface area (Å²) in [4.78, 5) is 39.9. The average Bonchev–Trinajstić information content (AvgIpc) is 2.63. The van der Waals surface area contributed by atoms with Gasteiger partial charge in [0.05, 0.1) is 18.8 Å². The second-order valence-corrected chi connectivity index (χ2v) is 6.83. The Morgan fingerprint density at radius 3 is 2.26 bits per heavy atom. The number of nitrogens with zero attached hydrogens (tertiary/aromatic N) is 2. The first kappa shape index (κ1) is 20.6. The number of likely N-dealkylation sites (N-methyl/N-ethyl adjacent to an activating group) is 2. The van der Waals surface area contributed by atoms with Gasteiger partial charge in [-0.3, -0.25) is 19.3 Å². The summed E-state index contributed by atoms with van der Waals surface area (Å²) >= 11 is 6.04. The minimum atomic E-state index is -0.325. The maximum Gasteiger partial charge on any atom is 0.238 e. The second kappa shape index (κ2) is 9.30. The minimum Gasteiger partial charge on any atom is -0.348 e. The molecule has 27 heavy (non-hydrogen) atoms. The third-order valence-corrected chi connectivity index (χ3v) is 4.09. The first-order valence-corrected chi connectivity index (χ1v) is 8.73. The van der Waals surface area contributed by atoms with E-state index < -0.39 is 0 Å². The molecule has 0 bridgehead atoms. The van der Waals surface area contributed by atoms with E-state index in [1.807, 2.05) is 6.07 Å². The zero-order valence-corrected chi connectivity index (χ0v) is 16.3. The monoisotopic (exact) mass is 387 g/mol. The molecule has 6 nitrogen and oxygen atoms in total. The van der Waals surface area contributed by atoms with Crippen LogP contribution in [0.15, 0.2) is 48.5 Å². The van der Waals surface area contributed by atoms with Gasteiger partial charge in [-0.15, -0.1) is 0 Å². The fourth-order valence-electron chi connectivity index (χ4n) is 2.42. The lowest BCUT2D eigenvalue weighted by atomic mass is 10.0. The van der Waals surface area contributed by atoms with Gasteiger partial charge in [-0.05, 0) is 25.2 Å². The maximum atomic E-state index is 12.8. The van der Waals surface area contributed by atoms with E-state index >= 15 is 0 Å². The number of nitrogens with one attached hydrogen (secondary N) is 1. The molecule has 2 aromatic rings. The average molecular weight is 388 g/mol. The Balaban J connectivity index is 2.13. The van der Waals surface area contributed by atoms with E-state index in [2.05, 4.69) is 5.32 Å². The van der Waals surface area contributed by atoms with E-state index in [1.54, 1.807) is 62.4 Å². The van der Waals surface area contributed by atoms with Crippen LogP contribution in [0.1, 0.15) is 15.9 Å². The minimum absolute atomic E-state index is 0.0151. The molecule has 0 unspecified atom stereocenters. The number of rotatable bonds is 7. The van der Waals surface area contributed by atoms with Gasteiger partial charge in [0.15, 0.2) is 5.78 Å². The molecule has 0 fully saturated rings. The van der Waals surface area contributed by atoms with Crippen LogP contribution in [0.5, 0.6) is 0 Å². The molecule has 0 atom stereocenters. The standard InChI is InChI=1S/C20H22ClN3O3/c1-23(2)19(26)13-24(3)12-18(25)22-17-10-9-15(21)11-16(17)20(27)14-7-5-4-6-8-14/h4-11H,12-13H2,1-3H3,(H,22,25). The highest BCUT2D eigenvalue weighted by atomic mass is 35.5.